The Hall–Kier alpha value is -1.90. The summed E-state index contributed by atoms with van der Waals surface area (Å²) in [5.74, 6) is 1.55. The number of unbranched alkanes of at least 4 members (excludes halogenated alkanes) is 17. The zero-order valence-corrected chi connectivity index (χ0v) is 23.6. The molecule has 0 saturated heterocycles. The zero-order chi connectivity index (χ0) is 25.5. The first-order valence-electron chi connectivity index (χ1n) is 15.4. The van der Waals surface area contributed by atoms with Crippen LogP contribution in [0.4, 0.5) is 0 Å². The van der Waals surface area contributed by atoms with Gasteiger partial charge in [0.1, 0.15) is 0 Å². The van der Waals surface area contributed by atoms with E-state index in [1.54, 1.807) is 0 Å². The molecule has 0 amide bonds. The van der Waals surface area contributed by atoms with E-state index in [1.807, 2.05) is 12.4 Å². The Morgan fingerprint density at radius 1 is 0.528 bits per heavy atom. The fourth-order valence-corrected chi connectivity index (χ4v) is 4.78. The fraction of sp³-hybridized carbons (Fsp3) is 0.697. The second-order valence-corrected chi connectivity index (χ2v) is 10.5. The van der Waals surface area contributed by atoms with Gasteiger partial charge in [0.05, 0.1) is 19.0 Å². The van der Waals surface area contributed by atoms with E-state index in [4.69, 9.17) is 4.74 Å². The van der Waals surface area contributed by atoms with E-state index in [2.05, 4.69) is 48.1 Å². The molecular weight excluding hydrogens is 440 g/mol. The van der Waals surface area contributed by atoms with Gasteiger partial charge in [-0.2, -0.15) is 0 Å². The molecule has 0 atom stereocenters. The topological polar surface area (TPSA) is 35.0 Å². The van der Waals surface area contributed by atoms with E-state index in [9.17, 15) is 0 Å². The maximum absolute atomic E-state index is 5.87. The minimum Gasteiger partial charge on any atom is -0.490 e. The highest BCUT2D eigenvalue weighted by molar-refractivity contribution is 5.55. The maximum atomic E-state index is 5.87. The molecule has 2 aromatic rings. The minimum absolute atomic E-state index is 0.757. The minimum atomic E-state index is 0.757. The molecule has 0 fully saturated rings. The maximum Gasteiger partial charge on any atom is 0.159 e. The van der Waals surface area contributed by atoms with Crippen LogP contribution in [0, 0.1) is 0 Å². The molecular formula is C33H54N2O. The number of nitrogens with zero attached hydrogens (tertiary/aromatic N) is 2. The summed E-state index contributed by atoms with van der Waals surface area (Å²) in [4.78, 5) is 9.07. The molecule has 36 heavy (non-hydrogen) atoms. The summed E-state index contributed by atoms with van der Waals surface area (Å²) < 4.78 is 5.87. The van der Waals surface area contributed by atoms with Crippen molar-refractivity contribution in [3.05, 3.63) is 42.2 Å². The molecule has 0 aliphatic heterocycles. The van der Waals surface area contributed by atoms with Gasteiger partial charge in [-0.1, -0.05) is 147 Å². The summed E-state index contributed by atoms with van der Waals surface area (Å²) in [6, 6.07) is 8.77. The van der Waals surface area contributed by atoms with Crippen LogP contribution >= 0.6 is 0 Å². The molecule has 1 heterocycles. The Bertz CT molecular complexity index is 741. The summed E-state index contributed by atoms with van der Waals surface area (Å²) in [7, 11) is 0. The lowest BCUT2D eigenvalue weighted by Crippen LogP contribution is -1.99. The Balaban J connectivity index is 1.52. The summed E-state index contributed by atoms with van der Waals surface area (Å²) in [5.41, 5.74) is 2.49. The Morgan fingerprint density at radius 3 is 1.47 bits per heavy atom. The van der Waals surface area contributed by atoms with E-state index < -0.39 is 0 Å². The van der Waals surface area contributed by atoms with Gasteiger partial charge in [0.25, 0.3) is 0 Å². The van der Waals surface area contributed by atoms with Gasteiger partial charge in [-0.15, -0.1) is 0 Å². The van der Waals surface area contributed by atoms with Crippen molar-refractivity contribution in [1.82, 2.24) is 9.97 Å². The molecule has 202 valence electrons. The summed E-state index contributed by atoms with van der Waals surface area (Å²) in [6.45, 7) is 5.32. The van der Waals surface area contributed by atoms with Crippen LogP contribution in [0.5, 0.6) is 5.75 Å². The van der Waals surface area contributed by atoms with E-state index in [1.165, 1.54) is 128 Å². The molecule has 0 unspecified atom stereocenters. The van der Waals surface area contributed by atoms with Crippen LogP contribution in [0.15, 0.2) is 36.7 Å². The zero-order valence-electron chi connectivity index (χ0n) is 23.6. The van der Waals surface area contributed by atoms with Gasteiger partial charge < -0.3 is 4.74 Å². The quantitative estimate of drug-likeness (QED) is 0.144. The van der Waals surface area contributed by atoms with Crippen molar-refractivity contribution in [3.8, 4) is 17.1 Å². The predicted octanol–water partition coefficient (Wildman–Crippen LogP) is 10.5. The van der Waals surface area contributed by atoms with E-state index in [-0.39, 0.29) is 0 Å². The number of hydrogen-bond acceptors (Lipinski definition) is 3. The van der Waals surface area contributed by atoms with Crippen LogP contribution in [-0.2, 0) is 6.42 Å². The lowest BCUT2D eigenvalue weighted by atomic mass is 10.0. The van der Waals surface area contributed by atoms with Gasteiger partial charge in [-0.05, 0) is 24.8 Å². The number of hydrogen-bond donors (Lipinski definition) is 0. The number of benzene rings is 1. The Labute approximate surface area is 222 Å². The van der Waals surface area contributed by atoms with Crippen LogP contribution in [0.2, 0.25) is 0 Å². The molecule has 0 N–H and O–H groups in total. The fourth-order valence-electron chi connectivity index (χ4n) is 4.78. The molecule has 3 nitrogen and oxygen atoms in total. The van der Waals surface area contributed by atoms with Crippen molar-refractivity contribution in [2.45, 2.75) is 142 Å². The van der Waals surface area contributed by atoms with Crippen molar-refractivity contribution in [2.75, 3.05) is 6.61 Å². The standard InChI is InChI=1S/C33H54N2O/c1-3-5-7-9-11-13-14-15-17-19-21-27-36-32-28-34-33(35-29-32)31-25-23-30(24-26-31)22-20-18-16-12-10-8-6-4-2/h23-26,28-29H,3-22,27H2,1-2H3. The second-order valence-electron chi connectivity index (χ2n) is 10.5. The lowest BCUT2D eigenvalue weighted by Gasteiger charge is -2.07. The van der Waals surface area contributed by atoms with Gasteiger partial charge in [0.2, 0.25) is 0 Å². The SMILES string of the molecule is CCCCCCCCCCCCCOc1cnc(-c2ccc(CCCCCCCCCC)cc2)nc1. The molecule has 0 saturated carbocycles. The number of ether oxygens (including phenoxy) is 1. The molecule has 0 aliphatic rings. The smallest absolute Gasteiger partial charge is 0.159 e. The third-order valence-corrected chi connectivity index (χ3v) is 7.18. The third-order valence-electron chi connectivity index (χ3n) is 7.18. The molecule has 2 rings (SSSR count). The van der Waals surface area contributed by atoms with Gasteiger partial charge in [0, 0.05) is 5.56 Å². The van der Waals surface area contributed by atoms with Gasteiger partial charge >= 0.3 is 0 Å². The molecule has 1 aromatic carbocycles. The highest BCUT2D eigenvalue weighted by Gasteiger charge is 2.03. The van der Waals surface area contributed by atoms with Crippen LogP contribution in [-0.4, -0.2) is 16.6 Å². The van der Waals surface area contributed by atoms with Crippen molar-refractivity contribution in [2.24, 2.45) is 0 Å². The molecule has 0 bridgehead atoms. The normalized spacial score (nSPS) is 11.2. The second kappa shape index (κ2) is 21.2. The van der Waals surface area contributed by atoms with E-state index in [0.29, 0.717) is 0 Å². The average molecular weight is 495 g/mol. The van der Waals surface area contributed by atoms with Crippen molar-refractivity contribution in [1.29, 1.82) is 0 Å². The van der Waals surface area contributed by atoms with Crippen LogP contribution in [0.1, 0.15) is 141 Å². The average Bonchev–Trinajstić information content (AvgIpc) is 2.91. The van der Waals surface area contributed by atoms with Gasteiger partial charge in [-0.3, -0.25) is 0 Å². The first-order chi connectivity index (χ1) is 17.8. The van der Waals surface area contributed by atoms with Crippen molar-refractivity contribution >= 4 is 0 Å². The van der Waals surface area contributed by atoms with Gasteiger partial charge in [0.15, 0.2) is 11.6 Å². The number of aromatic nitrogens is 2. The monoisotopic (exact) mass is 494 g/mol. The van der Waals surface area contributed by atoms with Crippen LogP contribution in [0.25, 0.3) is 11.4 Å². The highest BCUT2D eigenvalue weighted by Crippen LogP contribution is 2.19. The van der Waals surface area contributed by atoms with Crippen LogP contribution in [0.3, 0.4) is 0 Å². The third kappa shape index (κ3) is 14.6. The number of rotatable bonds is 23. The lowest BCUT2D eigenvalue weighted by molar-refractivity contribution is 0.302. The Morgan fingerprint density at radius 2 is 0.972 bits per heavy atom. The first kappa shape index (κ1) is 30.3. The highest BCUT2D eigenvalue weighted by atomic mass is 16.5. The molecule has 0 aliphatic carbocycles. The van der Waals surface area contributed by atoms with Crippen LogP contribution < -0.4 is 4.74 Å². The summed E-state index contributed by atoms with van der Waals surface area (Å²) >= 11 is 0. The number of aryl methyl sites for hydroxylation is 1. The first-order valence-corrected chi connectivity index (χ1v) is 15.4. The molecule has 0 spiro atoms. The summed E-state index contributed by atoms with van der Waals surface area (Å²) in [5, 5.41) is 0. The van der Waals surface area contributed by atoms with E-state index >= 15 is 0 Å². The van der Waals surface area contributed by atoms with Gasteiger partial charge in [-0.25, -0.2) is 9.97 Å². The summed E-state index contributed by atoms with van der Waals surface area (Å²) in [6.07, 6.45) is 30.6. The Kier molecular flexibility index (Phi) is 17.9. The molecule has 1 aromatic heterocycles. The molecule has 3 heteroatoms. The van der Waals surface area contributed by atoms with Crippen molar-refractivity contribution < 1.29 is 4.74 Å². The predicted molar refractivity (Wildman–Crippen MR) is 156 cm³/mol. The van der Waals surface area contributed by atoms with E-state index in [0.717, 1.165) is 30.2 Å². The molecule has 0 radical (unpaired) electrons. The van der Waals surface area contributed by atoms with Crippen molar-refractivity contribution in [3.63, 3.8) is 0 Å². The largest absolute Gasteiger partial charge is 0.490 e.